The number of likely N-dealkylation sites (N-methyl/N-ethyl adjacent to an activating group) is 1. The summed E-state index contributed by atoms with van der Waals surface area (Å²) in [5, 5.41) is 3.57. The van der Waals surface area contributed by atoms with Crippen LogP contribution in [0.5, 0.6) is 5.88 Å². The van der Waals surface area contributed by atoms with Crippen LogP contribution in [-0.2, 0) is 9.59 Å². The van der Waals surface area contributed by atoms with E-state index >= 15 is 0 Å². The van der Waals surface area contributed by atoms with E-state index in [9.17, 15) is 14.0 Å². The summed E-state index contributed by atoms with van der Waals surface area (Å²) < 4.78 is 21.7. The molecular formula is C20H25FN4O3S. The van der Waals surface area contributed by atoms with Crippen LogP contribution in [0, 0.1) is 5.82 Å². The Kier molecular flexibility index (Phi) is 9.04. The van der Waals surface area contributed by atoms with Crippen LogP contribution in [0.15, 0.2) is 41.9 Å². The summed E-state index contributed by atoms with van der Waals surface area (Å²) >= 11 is 1.61. The van der Waals surface area contributed by atoms with E-state index in [1.54, 1.807) is 19.1 Å². The molecule has 2 heterocycles. The van der Waals surface area contributed by atoms with E-state index in [1.165, 1.54) is 6.20 Å². The average molecular weight is 421 g/mol. The SMILES string of the molecule is C=CC(=O)NCC=O.COc1ncc(F)c2c(SN3CCN(C)CC3)cccc12. The summed E-state index contributed by atoms with van der Waals surface area (Å²) in [6.07, 6.45) is 2.96. The van der Waals surface area contributed by atoms with Gasteiger partial charge >= 0.3 is 0 Å². The molecule has 3 rings (SSSR count). The molecule has 0 saturated carbocycles. The number of fused-ring (bicyclic) bond motifs is 1. The number of carbonyl (C=O) groups is 2. The molecule has 2 aromatic rings. The van der Waals surface area contributed by atoms with Gasteiger partial charge < -0.3 is 19.7 Å². The number of carbonyl (C=O) groups excluding carboxylic acids is 2. The third kappa shape index (κ3) is 6.52. The third-order valence-electron chi connectivity index (χ3n) is 4.22. The van der Waals surface area contributed by atoms with Crippen LogP contribution < -0.4 is 10.1 Å². The van der Waals surface area contributed by atoms with Gasteiger partial charge in [0.2, 0.25) is 11.8 Å². The standard InChI is InChI=1S/C15H18FN3OS.C5H7NO2/c1-18-6-8-19(9-7-18)21-13-5-3-4-11-14(13)12(16)10-17-15(11)20-2;1-2-5(8)6-3-4-7/h3-5,10H,6-9H2,1-2H3;2,4H,1,3H2,(H,6,8). The van der Waals surface area contributed by atoms with Gasteiger partial charge in [0, 0.05) is 41.8 Å². The minimum absolute atomic E-state index is 0.0604. The Bertz CT molecular complexity index is 857. The number of halogens is 1. The molecule has 1 N–H and O–H groups in total. The number of amides is 1. The molecular weight excluding hydrogens is 395 g/mol. The summed E-state index contributed by atoms with van der Waals surface area (Å²) in [5.41, 5.74) is 0. The van der Waals surface area contributed by atoms with Gasteiger partial charge in [-0.3, -0.25) is 4.79 Å². The first kappa shape index (κ1) is 22.8. The Morgan fingerprint density at radius 2 is 2.10 bits per heavy atom. The number of nitrogens with zero attached hydrogens (tertiary/aromatic N) is 3. The maximum absolute atomic E-state index is 14.2. The van der Waals surface area contributed by atoms with Crippen molar-refractivity contribution in [2.45, 2.75) is 4.90 Å². The highest BCUT2D eigenvalue weighted by molar-refractivity contribution is 7.97. The molecule has 156 valence electrons. The smallest absolute Gasteiger partial charge is 0.243 e. The topological polar surface area (TPSA) is 74.8 Å². The molecule has 7 nitrogen and oxygen atoms in total. The lowest BCUT2D eigenvalue weighted by molar-refractivity contribution is -0.118. The molecule has 29 heavy (non-hydrogen) atoms. The molecule has 1 fully saturated rings. The fourth-order valence-electron chi connectivity index (χ4n) is 2.68. The molecule has 0 atom stereocenters. The van der Waals surface area contributed by atoms with Crippen molar-refractivity contribution in [1.82, 2.24) is 19.5 Å². The molecule has 0 spiro atoms. The minimum Gasteiger partial charge on any atom is -0.481 e. The van der Waals surface area contributed by atoms with Gasteiger partial charge in [-0.15, -0.1) is 0 Å². The van der Waals surface area contributed by atoms with E-state index in [0.29, 0.717) is 17.6 Å². The highest BCUT2D eigenvalue weighted by atomic mass is 32.2. The molecule has 1 aliphatic rings. The maximum Gasteiger partial charge on any atom is 0.243 e. The quantitative estimate of drug-likeness (QED) is 0.436. The van der Waals surface area contributed by atoms with Gasteiger partial charge in [-0.25, -0.2) is 13.7 Å². The Morgan fingerprint density at radius 1 is 1.38 bits per heavy atom. The molecule has 1 aliphatic heterocycles. The van der Waals surface area contributed by atoms with Crippen LogP contribution in [0.1, 0.15) is 0 Å². The van der Waals surface area contributed by atoms with Crippen molar-refractivity contribution < 1.29 is 18.7 Å². The first-order chi connectivity index (χ1) is 14.0. The molecule has 1 amide bonds. The van der Waals surface area contributed by atoms with Crippen LogP contribution in [-0.4, -0.2) is 73.3 Å². The second-order valence-electron chi connectivity index (χ2n) is 6.23. The van der Waals surface area contributed by atoms with Crippen LogP contribution >= 0.6 is 11.9 Å². The highest BCUT2D eigenvalue weighted by Gasteiger charge is 2.18. The zero-order chi connectivity index (χ0) is 21.2. The fourth-order valence-corrected chi connectivity index (χ4v) is 3.74. The predicted octanol–water partition coefficient (Wildman–Crippen LogP) is 2.12. The summed E-state index contributed by atoms with van der Waals surface area (Å²) in [4.78, 5) is 27.0. The largest absolute Gasteiger partial charge is 0.481 e. The van der Waals surface area contributed by atoms with Gasteiger partial charge in [-0.1, -0.05) is 12.6 Å². The first-order valence-electron chi connectivity index (χ1n) is 9.06. The number of piperazine rings is 1. The Morgan fingerprint density at radius 3 is 2.72 bits per heavy atom. The monoisotopic (exact) mass is 420 g/mol. The van der Waals surface area contributed by atoms with Crippen molar-refractivity contribution >= 4 is 34.9 Å². The summed E-state index contributed by atoms with van der Waals surface area (Å²) in [7, 11) is 3.68. The van der Waals surface area contributed by atoms with E-state index in [4.69, 9.17) is 4.74 Å². The number of aromatic nitrogens is 1. The van der Waals surface area contributed by atoms with Gasteiger partial charge in [-0.2, -0.15) is 0 Å². The second-order valence-corrected chi connectivity index (χ2v) is 7.37. The number of pyridine rings is 1. The highest BCUT2D eigenvalue weighted by Crippen LogP contribution is 2.35. The number of hydrogen-bond acceptors (Lipinski definition) is 7. The van der Waals surface area contributed by atoms with Crippen molar-refractivity contribution in [2.75, 3.05) is 46.9 Å². The zero-order valence-electron chi connectivity index (χ0n) is 16.6. The molecule has 0 radical (unpaired) electrons. The molecule has 0 bridgehead atoms. The third-order valence-corrected chi connectivity index (χ3v) is 5.38. The molecule has 1 saturated heterocycles. The van der Waals surface area contributed by atoms with Gasteiger partial charge in [0.25, 0.3) is 0 Å². The number of rotatable bonds is 6. The van der Waals surface area contributed by atoms with E-state index in [0.717, 1.165) is 42.5 Å². The maximum atomic E-state index is 14.2. The van der Waals surface area contributed by atoms with Crippen molar-refractivity contribution in [3.63, 3.8) is 0 Å². The second kappa shape index (κ2) is 11.5. The summed E-state index contributed by atoms with van der Waals surface area (Å²) in [6.45, 7) is 7.26. The number of hydrogen-bond donors (Lipinski definition) is 1. The number of nitrogens with one attached hydrogen (secondary N) is 1. The molecule has 1 aromatic carbocycles. The predicted molar refractivity (Wildman–Crippen MR) is 112 cm³/mol. The normalized spacial score (nSPS) is 14.6. The Hall–Kier alpha value is -2.49. The van der Waals surface area contributed by atoms with E-state index in [-0.39, 0.29) is 18.3 Å². The van der Waals surface area contributed by atoms with Gasteiger partial charge in [0.1, 0.15) is 6.29 Å². The van der Waals surface area contributed by atoms with E-state index in [1.807, 2.05) is 18.2 Å². The number of methoxy groups -OCH3 is 1. The van der Waals surface area contributed by atoms with Crippen molar-refractivity contribution in [1.29, 1.82) is 0 Å². The fraction of sp³-hybridized carbons (Fsp3) is 0.350. The zero-order valence-corrected chi connectivity index (χ0v) is 17.4. The number of ether oxygens (including phenoxy) is 1. The lowest BCUT2D eigenvalue weighted by Crippen LogP contribution is -2.40. The molecule has 0 aliphatic carbocycles. The van der Waals surface area contributed by atoms with Crippen molar-refractivity contribution in [2.24, 2.45) is 0 Å². The Balaban J connectivity index is 0.000000321. The van der Waals surface area contributed by atoms with Crippen LogP contribution in [0.25, 0.3) is 10.8 Å². The van der Waals surface area contributed by atoms with E-state index < -0.39 is 0 Å². The molecule has 9 heteroatoms. The van der Waals surface area contributed by atoms with Crippen LogP contribution in [0.2, 0.25) is 0 Å². The van der Waals surface area contributed by atoms with Crippen molar-refractivity contribution in [3.05, 3.63) is 42.9 Å². The lowest BCUT2D eigenvalue weighted by atomic mass is 10.1. The molecule has 1 aromatic heterocycles. The lowest BCUT2D eigenvalue weighted by Gasteiger charge is -2.31. The van der Waals surface area contributed by atoms with Gasteiger partial charge in [0.05, 0.1) is 19.9 Å². The number of aldehydes is 1. The van der Waals surface area contributed by atoms with Crippen LogP contribution in [0.3, 0.4) is 0 Å². The van der Waals surface area contributed by atoms with Gasteiger partial charge in [0.15, 0.2) is 5.82 Å². The van der Waals surface area contributed by atoms with Crippen LogP contribution in [0.4, 0.5) is 4.39 Å². The Labute approximate surface area is 174 Å². The minimum atomic E-state index is -0.322. The first-order valence-corrected chi connectivity index (χ1v) is 9.84. The summed E-state index contributed by atoms with van der Waals surface area (Å²) in [6, 6.07) is 5.72. The molecule has 0 unspecified atom stereocenters. The average Bonchev–Trinajstić information content (AvgIpc) is 2.74. The van der Waals surface area contributed by atoms with Gasteiger partial charge in [-0.05, 0) is 37.2 Å². The van der Waals surface area contributed by atoms with Crippen molar-refractivity contribution in [3.8, 4) is 5.88 Å². The van der Waals surface area contributed by atoms with E-state index in [2.05, 4.69) is 33.1 Å². The summed E-state index contributed by atoms with van der Waals surface area (Å²) in [5.74, 6) is -0.160. The number of benzene rings is 1.